The van der Waals surface area contributed by atoms with Gasteiger partial charge in [0.05, 0.1) is 24.7 Å². The Hall–Kier alpha value is -1.42. The molecule has 14 heavy (non-hydrogen) atoms. The second kappa shape index (κ2) is 6.10. The molecule has 0 radical (unpaired) electrons. The summed E-state index contributed by atoms with van der Waals surface area (Å²) in [6.45, 7) is 4.93. The van der Waals surface area contributed by atoms with Gasteiger partial charge in [0.2, 0.25) is 5.88 Å². The lowest BCUT2D eigenvalue weighted by Gasteiger charge is -2.03. The number of hydrogen-bond donors (Lipinski definition) is 1. The first-order valence-corrected chi connectivity index (χ1v) is 4.56. The molecule has 0 aliphatic carbocycles. The Morgan fingerprint density at radius 1 is 1.50 bits per heavy atom. The summed E-state index contributed by atoms with van der Waals surface area (Å²) in [5.74, 6) is 0.562. The fraction of sp³-hybridized carbons (Fsp3) is 0.400. The first-order valence-electron chi connectivity index (χ1n) is 4.56. The van der Waals surface area contributed by atoms with E-state index in [2.05, 4.69) is 21.9 Å². The van der Waals surface area contributed by atoms with Crippen molar-refractivity contribution in [1.82, 2.24) is 15.3 Å². The Morgan fingerprint density at radius 2 is 2.36 bits per heavy atom. The van der Waals surface area contributed by atoms with Gasteiger partial charge in [0, 0.05) is 6.54 Å². The van der Waals surface area contributed by atoms with Crippen molar-refractivity contribution in [2.45, 2.75) is 13.0 Å². The van der Waals surface area contributed by atoms with E-state index in [9.17, 15) is 0 Å². The van der Waals surface area contributed by atoms with Crippen LogP contribution in [0, 0.1) is 0 Å². The van der Waals surface area contributed by atoms with Gasteiger partial charge in [0.15, 0.2) is 0 Å². The van der Waals surface area contributed by atoms with Crippen molar-refractivity contribution in [3.63, 3.8) is 0 Å². The zero-order valence-electron chi connectivity index (χ0n) is 8.36. The molecule has 0 fully saturated rings. The molecule has 0 spiro atoms. The Bertz CT molecular complexity index is 271. The molecule has 1 heterocycles. The summed E-state index contributed by atoms with van der Waals surface area (Å²) < 4.78 is 5.31. The second-order valence-electron chi connectivity index (χ2n) is 2.80. The van der Waals surface area contributed by atoms with Crippen molar-refractivity contribution in [1.29, 1.82) is 0 Å². The highest BCUT2D eigenvalue weighted by Gasteiger charge is 1.96. The lowest BCUT2D eigenvalue weighted by Crippen LogP contribution is -2.07. The molecule has 0 bridgehead atoms. The number of aromatic nitrogens is 2. The number of nitrogens with one attached hydrogen (secondary N) is 1. The number of rotatable bonds is 6. The molecule has 1 N–H and O–H groups in total. The first-order chi connectivity index (χ1) is 6.86. The minimum absolute atomic E-state index is 0.562. The SMILES string of the molecule is C=CCCOc1cnc(CNC)cn1. The molecule has 0 atom stereocenters. The summed E-state index contributed by atoms with van der Waals surface area (Å²) in [6, 6.07) is 0. The maximum absolute atomic E-state index is 5.31. The lowest BCUT2D eigenvalue weighted by molar-refractivity contribution is 0.310. The van der Waals surface area contributed by atoms with E-state index in [0.29, 0.717) is 12.5 Å². The van der Waals surface area contributed by atoms with E-state index in [1.165, 1.54) is 0 Å². The Kier molecular flexibility index (Phi) is 4.64. The molecular formula is C10H15N3O. The van der Waals surface area contributed by atoms with Crippen molar-refractivity contribution >= 4 is 0 Å². The van der Waals surface area contributed by atoms with Crippen LogP contribution in [0.2, 0.25) is 0 Å². The van der Waals surface area contributed by atoms with Crippen LogP contribution in [0.3, 0.4) is 0 Å². The average molecular weight is 193 g/mol. The number of ether oxygens (including phenoxy) is 1. The van der Waals surface area contributed by atoms with E-state index >= 15 is 0 Å². The Balaban J connectivity index is 2.42. The molecule has 0 unspecified atom stereocenters. The van der Waals surface area contributed by atoms with Crippen LogP contribution < -0.4 is 10.1 Å². The summed E-state index contributed by atoms with van der Waals surface area (Å²) in [5, 5.41) is 3.00. The molecule has 0 amide bonds. The van der Waals surface area contributed by atoms with Gasteiger partial charge in [-0.1, -0.05) is 6.08 Å². The zero-order chi connectivity index (χ0) is 10.2. The van der Waals surface area contributed by atoms with Crippen molar-refractivity contribution < 1.29 is 4.74 Å². The van der Waals surface area contributed by atoms with E-state index in [4.69, 9.17) is 4.74 Å². The van der Waals surface area contributed by atoms with E-state index in [0.717, 1.165) is 18.7 Å². The fourth-order valence-corrected chi connectivity index (χ4v) is 0.937. The van der Waals surface area contributed by atoms with E-state index in [1.54, 1.807) is 12.4 Å². The first kappa shape index (κ1) is 10.7. The highest BCUT2D eigenvalue weighted by Crippen LogP contribution is 2.04. The van der Waals surface area contributed by atoms with E-state index in [1.807, 2.05) is 13.1 Å². The van der Waals surface area contributed by atoms with Gasteiger partial charge in [-0.05, 0) is 13.5 Å². The molecule has 76 valence electrons. The predicted octanol–water partition coefficient (Wildman–Crippen LogP) is 1.15. The Labute approximate surface area is 84.0 Å². The molecule has 0 aliphatic rings. The Morgan fingerprint density at radius 3 is 2.93 bits per heavy atom. The number of hydrogen-bond acceptors (Lipinski definition) is 4. The normalized spacial score (nSPS) is 9.79. The van der Waals surface area contributed by atoms with Gasteiger partial charge in [-0.15, -0.1) is 6.58 Å². The quantitative estimate of drug-likeness (QED) is 0.544. The van der Waals surface area contributed by atoms with Gasteiger partial charge in [0.1, 0.15) is 0 Å². The monoisotopic (exact) mass is 193 g/mol. The van der Waals surface area contributed by atoms with Gasteiger partial charge >= 0.3 is 0 Å². The minimum Gasteiger partial charge on any atom is -0.476 e. The van der Waals surface area contributed by atoms with Gasteiger partial charge in [-0.2, -0.15) is 0 Å². The topological polar surface area (TPSA) is 47.0 Å². The molecule has 0 saturated carbocycles. The second-order valence-corrected chi connectivity index (χ2v) is 2.80. The molecule has 4 heteroatoms. The van der Waals surface area contributed by atoms with Crippen LogP contribution in [0.25, 0.3) is 0 Å². The molecule has 0 saturated heterocycles. The van der Waals surface area contributed by atoms with Crippen molar-refractivity contribution in [2.75, 3.05) is 13.7 Å². The summed E-state index contributed by atoms with van der Waals surface area (Å²) in [7, 11) is 1.87. The van der Waals surface area contributed by atoms with Crippen LogP contribution in [-0.4, -0.2) is 23.6 Å². The molecule has 0 aliphatic heterocycles. The van der Waals surface area contributed by atoms with Crippen LogP contribution in [-0.2, 0) is 6.54 Å². The zero-order valence-corrected chi connectivity index (χ0v) is 8.36. The largest absolute Gasteiger partial charge is 0.476 e. The van der Waals surface area contributed by atoms with Crippen LogP contribution in [0.5, 0.6) is 5.88 Å². The minimum atomic E-state index is 0.562. The average Bonchev–Trinajstić information content (AvgIpc) is 2.21. The van der Waals surface area contributed by atoms with Gasteiger partial charge in [-0.3, -0.25) is 4.98 Å². The van der Waals surface area contributed by atoms with Gasteiger partial charge in [-0.25, -0.2) is 4.98 Å². The lowest BCUT2D eigenvalue weighted by atomic mass is 10.4. The third-order valence-corrected chi connectivity index (χ3v) is 1.61. The molecular weight excluding hydrogens is 178 g/mol. The molecule has 1 aromatic rings. The molecule has 1 aromatic heterocycles. The third kappa shape index (κ3) is 3.53. The van der Waals surface area contributed by atoms with Crippen molar-refractivity contribution in [2.24, 2.45) is 0 Å². The highest BCUT2D eigenvalue weighted by atomic mass is 16.5. The van der Waals surface area contributed by atoms with Crippen LogP contribution in [0.1, 0.15) is 12.1 Å². The van der Waals surface area contributed by atoms with Crippen LogP contribution in [0.4, 0.5) is 0 Å². The van der Waals surface area contributed by atoms with Crippen LogP contribution >= 0.6 is 0 Å². The van der Waals surface area contributed by atoms with Gasteiger partial charge in [0.25, 0.3) is 0 Å². The molecule has 1 rings (SSSR count). The van der Waals surface area contributed by atoms with Gasteiger partial charge < -0.3 is 10.1 Å². The fourth-order valence-electron chi connectivity index (χ4n) is 0.937. The summed E-state index contributed by atoms with van der Waals surface area (Å²) in [6.07, 6.45) is 5.97. The standard InChI is InChI=1S/C10H15N3O/c1-3-4-5-14-10-8-12-9(6-11-2)7-13-10/h3,7-8,11H,1,4-6H2,2H3. The highest BCUT2D eigenvalue weighted by molar-refractivity contribution is 5.07. The smallest absolute Gasteiger partial charge is 0.232 e. The summed E-state index contributed by atoms with van der Waals surface area (Å²) in [4.78, 5) is 8.28. The predicted molar refractivity (Wildman–Crippen MR) is 55.1 cm³/mol. The van der Waals surface area contributed by atoms with E-state index < -0.39 is 0 Å². The summed E-state index contributed by atoms with van der Waals surface area (Å²) >= 11 is 0. The third-order valence-electron chi connectivity index (χ3n) is 1.61. The maximum atomic E-state index is 5.31. The van der Waals surface area contributed by atoms with Crippen LogP contribution in [0.15, 0.2) is 25.0 Å². The molecule has 4 nitrogen and oxygen atoms in total. The summed E-state index contributed by atoms with van der Waals surface area (Å²) in [5.41, 5.74) is 0.906. The van der Waals surface area contributed by atoms with Crippen molar-refractivity contribution in [3.05, 3.63) is 30.7 Å². The van der Waals surface area contributed by atoms with Crippen molar-refractivity contribution in [3.8, 4) is 5.88 Å². The number of nitrogens with zero attached hydrogens (tertiary/aromatic N) is 2. The maximum Gasteiger partial charge on any atom is 0.232 e. The molecule has 0 aromatic carbocycles. The van der Waals surface area contributed by atoms with E-state index in [-0.39, 0.29) is 0 Å².